The van der Waals surface area contributed by atoms with Gasteiger partial charge in [-0.15, -0.1) is 0 Å². The van der Waals surface area contributed by atoms with E-state index in [2.05, 4.69) is 133 Å². The fourth-order valence-electron chi connectivity index (χ4n) is 5.68. The molecule has 0 atom stereocenters. The lowest BCUT2D eigenvalue weighted by Crippen LogP contribution is -2.11. The van der Waals surface area contributed by atoms with E-state index in [0.717, 1.165) is 27.1 Å². The number of hydrogen-bond acceptors (Lipinski definition) is 0. The Morgan fingerprint density at radius 1 is 0.432 bits per heavy atom. The number of fused-ring (bicyclic) bond motifs is 4. The molecule has 1 heteroatoms. The third-order valence-corrected chi connectivity index (χ3v) is 7.82. The predicted octanol–water partition coefficient (Wildman–Crippen LogP) is 10.7. The number of rotatable bonds is 1. The Morgan fingerprint density at radius 2 is 0.838 bits per heavy atom. The maximum Gasteiger partial charge on any atom is 0.194 e. The largest absolute Gasteiger partial charge is 0.289 e. The summed E-state index contributed by atoms with van der Waals surface area (Å²) in [6, 6.07) is 32.5. The summed E-state index contributed by atoms with van der Waals surface area (Å²) in [7, 11) is 0. The molecule has 183 valence electrons. The molecule has 0 aliphatic heterocycles. The number of hydrogen-bond donors (Lipinski definition) is 0. The van der Waals surface area contributed by atoms with Crippen LogP contribution in [0.15, 0.2) is 91.0 Å². The minimum atomic E-state index is -0.0465. The van der Waals surface area contributed by atoms with Crippen molar-refractivity contribution in [3.8, 4) is 16.9 Å². The summed E-state index contributed by atoms with van der Waals surface area (Å²) < 4.78 is 0. The molecule has 0 saturated carbocycles. The standard InChI is InChI=1S/C36H33O/c1-35(2,3)24-15-17-28-30(20-24)34(37)31-21-25(36(4,5)6)16-18-29(31)33(28)32-26-13-9-7-11-22(26)19-23-12-8-10-14-27(23)32/h7-21H,1-6H3. The summed E-state index contributed by atoms with van der Waals surface area (Å²) >= 11 is 0. The van der Waals surface area contributed by atoms with E-state index in [-0.39, 0.29) is 16.6 Å². The highest BCUT2D eigenvalue weighted by atomic mass is 16.3. The van der Waals surface area contributed by atoms with Crippen molar-refractivity contribution in [2.24, 2.45) is 0 Å². The summed E-state index contributed by atoms with van der Waals surface area (Å²) in [6.45, 7) is 13.2. The van der Waals surface area contributed by atoms with Gasteiger partial charge in [-0.25, -0.2) is 0 Å². The van der Waals surface area contributed by atoms with Crippen LogP contribution in [-0.4, -0.2) is 0 Å². The van der Waals surface area contributed by atoms with Crippen LogP contribution in [0.3, 0.4) is 0 Å². The van der Waals surface area contributed by atoms with Crippen molar-refractivity contribution >= 4 is 43.1 Å². The average molecular weight is 482 g/mol. The number of benzene rings is 6. The molecule has 6 rings (SSSR count). The first-order valence-electron chi connectivity index (χ1n) is 13.2. The van der Waals surface area contributed by atoms with Gasteiger partial charge in [0.15, 0.2) is 5.75 Å². The van der Waals surface area contributed by atoms with Crippen LogP contribution in [0.25, 0.3) is 54.2 Å². The molecule has 0 unspecified atom stereocenters. The Labute approximate surface area is 219 Å². The van der Waals surface area contributed by atoms with Crippen LogP contribution < -0.4 is 0 Å². The van der Waals surface area contributed by atoms with Gasteiger partial charge in [0.1, 0.15) is 0 Å². The topological polar surface area (TPSA) is 19.9 Å². The van der Waals surface area contributed by atoms with Crippen molar-refractivity contribution in [1.82, 2.24) is 0 Å². The van der Waals surface area contributed by atoms with E-state index in [0.29, 0.717) is 0 Å². The first-order chi connectivity index (χ1) is 17.5. The fourth-order valence-corrected chi connectivity index (χ4v) is 5.68. The molecule has 0 aromatic heterocycles. The second kappa shape index (κ2) is 8.08. The molecule has 37 heavy (non-hydrogen) atoms. The normalized spacial score (nSPS) is 12.7. The van der Waals surface area contributed by atoms with E-state index < -0.39 is 0 Å². The minimum Gasteiger partial charge on any atom is -0.289 e. The van der Waals surface area contributed by atoms with Crippen molar-refractivity contribution in [2.45, 2.75) is 52.4 Å². The van der Waals surface area contributed by atoms with E-state index in [4.69, 9.17) is 0 Å². The molecule has 0 bridgehead atoms. The first kappa shape index (κ1) is 23.6. The van der Waals surface area contributed by atoms with Crippen LogP contribution in [0.5, 0.6) is 5.75 Å². The van der Waals surface area contributed by atoms with Gasteiger partial charge in [-0.2, -0.15) is 0 Å². The van der Waals surface area contributed by atoms with E-state index in [1.807, 2.05) is 0 Å². The Kier molecular flexibility index (Phi) is 5.14. The molecule has 1 nitrogen and oxygen atoms in total. The molecule has 0 saturated heterocycles. The lowest BCUT2D eigenvalue weighted by Gasteiger charge is -2.23. The zero-order valence-electron chi connectivity index (χ0n) is 22.6. The maximum absolute atomic E-state index is 14.2. The molecule has 0 aliphatic carbocycles. The lowest BCUT2D eigenvalue weighted by molar-refractivity contribution is 0.365. The monoisotopic (exact) mass is 481 g/mol. The minimum absolute atomic E-state index is 0.0465. The maximum atomic E-state index is 14.2. The Hall–Kier alpha value is -3.84. The quantitative estimate of drug-likeness (QED) is 0.208. The molecule has 1 radical (unpaired) electrons. The summed E-state index contributed by atoms with van der Waals surface area (Å²) in [5.41, 5.74) is 4.62. The van der Waals surface area contributed by atoms with E-state index in [1.165, 1.54) is 38.2 Å². The van der Waals surface area contributed by atoms with Crippen LogP contribution in [0, 0.1) is 0 Å². The predicted molar refractivity (Wildman–Crippen MR) is 159 cm³/mol. The molecular weight excluding hydrogens is 448 g/mol. The fraction of sp³-hybridized carbons (Fsp3) is 0.222. The van der Waals surface area contributed by atoms with Crippen molar-refractivity contribution in [2.75, 3.05) is 0 Å². The molecule has 0 N–H and O–H groups in total. The van der Waals surface area contributed by atoms with Gasteiger partial charge in [0.2, 0.25) is 0 Å². The second-order valence-electron chi connectivity index (χ2n) is 12.4. The highest BCUT2D eigenvalue weighted by Crippen LogP contribution is 2.48. The average Bonchev–Trinajstić information content (AvgIpc) is 2.86. The van der Waals surface area contributed by atoms with Gasteiger partial charge in [-0.1, -0.05) is 114 Å². The molecule has 6 aromatic carbocycles. The van der Waals surface area contributed by atoms with E-state index >= 15 is 0 Å². The Balaban J connectivity index is 1.88. The Morgan fingerprint density at radius 3 is 1.27 bits per heavy atom. The van der Waals surface area contributed by atoms with Gasteiger partial charge < -0.3 is 0 Å². The van der Waals surface area contributed by atoms with Gasteiger partial charge in [0.25, 0.3) is 0 Å². The first-order valence-corrected chi connectivity index (χ1v) is 13.2. The molecule has 0 fully saturated rings. The summed E-state index contributed by atoms with van der Waals surface area (Å²) in [6.07, 6.45) is 0. The van der Waals surface area contributed by atoms with Crippen LogP contribution in [0.1, 0.15) is 52.7 Å². The second-order valence-corrected chi connectivity index (χ2v) is 12.4. The van der Waals surface area contributed by atoms with Crippen molar-refractivity contribution in [1.29, 1.82) is 0 Å². The highest BCUT2D eigenvalue weighted by Gasteiger charge is 2.24. The van der Waals surface area contributed by atoms with Crippen LogP contribution >= 0.6 is 0 Å². The molecular formula is C36H33O. The zero-order valence-corrected chi connectivity index (χ0v) is 22.6. The van der Waals surface area contributed by atoms with Crippen molar-refractivity contribution in [3.05, 3.63) is 102 Å². The third-order valence-electron chi connectivity index (χ3n) is 7.82. The highest BCUT2D eigenvalue weighted by molar-refractivity contribution is 6.25. The van der Waals surface area contributed by atoms with Crippen LogP contribution in [0.4, 0.5) is 0 Å². The van der Waals surface area contributed by atoms with Gasteiger partial charge in [0.05, 0.1) is 0 Å². The van der Waals surface area contributed by atoms with Gasteiger partial charge >= 0.3 is 0 Å². The van der Waals surface area contributed by atoms with Gasteiger partial charge in [0, 0.05) is 10.8 Å². The molecule has 0 heterocycles. The molecule has 0 spiro atoms. The lowest BCUT2D eigenvalue weighted by atomic mass is 9.80. The van der Waals surface area contributed by atoms with Gasteiger partial charge in [-0.3, -0.25) is 5.11 Å². The summed E-state index contributed by atoms with van der Waals surface area (Å²) in [5.74, 6) is 0.121. The smallest absolute Gasteiger partial charge is 0.194 e. The summed E-state index contributed by atoms with van der Waals surface area (Å²) in [4.78, 5) is 0. The van der Waals surface area contributed by atoms with E-state index in [1.54, 1.807) is 0 Å². The van der Waals surface area contributed by atoms with Crippen LogP contribution in [-0.2, 0) is 15.9 Å². The van der Waals surface area contributed by atoms with E-state index in [9.17, 15) is 5.11 Å². The third kappa shape index (κ3) is 3.76. The molecule has 6 aromatic rings. The zero-order chi connectivity index (χ0) is 26.1. The van der Waals surface area contributed by atoms with Gasteiger partial charge in [-0.05, 0) is 83.6 Å². The van der Waals surface area contributed by atoms with Crippen molar-refractivity contribution < 1.29 is 5.11 Å². The summed E-state index contributed by atoms with van der Waals surface area (Å²) in [5, 5.41) is 22.7. The van der Waals surface area contributed by atoms with Crippen molar-refractivity contribution in [3.63, 3.8) is 0 Å². The SMILES string of the molecule is CC(C)(C)c1ccc2c(-c3c4ccccc4cc4ccccc34)c3ccc(C(C)(C)C)cc3c([O])c2c1. The molecule has 0 aliphatic rings. The van der Waals surface area contributed by atoms with Crippen LogP contribution in [0.2, 0.25) is 0 Å². The Bertz CT molecular complexity index is 1710. The molecule has 0 amide bonds.